The summed E-state index contributed by atoms with van der Waals surface area (Å²) in [5.41, 5.74) is 3.83. The van der Waals surface area contributed by atoms with Crippen molar-refractivity contribution in [2.45, 2.75) is 18.5 Å². The third-order valence-corrected chi connectivity index (χ3v) is 7.73. The first kappa shape index (κ1) is 24.7. The zero-order chi connectivity index (χ0) is 28.2. The molecular weight excluding hydrogens is 526 g/mol. The number of aromatic nitrogens is 1. The molecule has 41 heavy (non-hydrogen) atoms. The van der Waals surface area contributed by atoms with Crippen LogP contribution in [0.3, 0.4) is 0 Å². The van der Waals surface area contributed by atoms with Crippen LogP contribution in [-0.4, -0.2) is 33.8 Å². The highest BCUT2D eigenvalue weighted by Crippen LogP contribution is 2.45. The lowest BCUT2D eigenvalue weighted by Crippen LogP contribution is -2.44. The molecule has 1 fully saturated rings. The molecule has 2 aliphatic rings. The molecule has 4 aromatic carbocycles. The molecule has 7 nitrogen and oxygen atoms in total. The van der Waals surface area contributed by atoms with Crippen molar-refractivity contribution in [1.29, 1.82) is 0 Å². The number of fused-ring (bicyclic) bond motifs is 4. The van der Waals surface area contributed by atoms with Crippen molar-refractivity contribution in [3.63, 3.8) is 0 Å². The van der Waals surface area contributed by atoms with Crippen molar-refractivity contribution >= 4 is 40.1 Å². The van der Waals surface area contributed by atoms with Gasteiger partial charge in [-0.3, -0.25) is 14.5 Å². The van der Waals surface area contributed by atoms with Gasteiger partial charge in [0.2, 0.25) is 0 Å². The molecule has 0 spiro atoms. The van der Waals surface area contributed by atoms with Crippen LogP contribution in [0.1, 0.15) is 33.2 Å². The SMILES string of the molecule is O=C(Nc1ccc(F)cc1)c1ccccc1N1C(=O)C2Cc3c([nH]c4ccccc34)C(c3ccc(F)cc3)N2C1=O. The van der Waals surface area contributed by atoms with E-state index in [9.17, 15) is 23.2 Å². The van der Waals surface area contributed by atoms with E-state index in [1.165, 1.54) is 47.4 Å². The Balaban J connectivity index is 1.31. The Labute approximate surface area is 233 Å². The van der Waals surface area contributed by atoms with E-state index < -0.39 is 41.6 Å². The van der Waals surface area contributed by atoms with Gasteiger partial charge < -0.3 is 10.3 Å². The number of para-hydroxylation sites is 2. The summed E-state index contributed by atoms with van der Waals surface area (Å²) in [6.45, 7) is 0. The second kappa shape index (κ2) is 9.41. The Bertz CT molecular complexity index is 1850. The van der Waals surface area contributed by atoms with Crippen LogP contribution in [0.2, 0.25) is 0 Å². The number of carbonyl (C=O) groups is 3. The number of rotatable bonds is 4. The summed E-state index contributed by atoms with van der Waals surface area (Å²) < 4.78 is 27.3. The third-order valence-electron chi connectivity index (χ3n) is 7.73. The van der Waals surface area contributed by atoms with Gasteiger partial charge in [-0.05, 0) is 65.7 Å². The van der Waals surface area contributed by atoms with Gasteiger partial charge in [0.15, 0.2) is 0 Å². The molecule has 0 bridgehead atoms. The molecule has 3 heterocycles. The topological polar surface area (TPSA) is 85.5 Å². The Morgan fingerprint density at radius 2 is 1.49 bits per heavy atom. The molecule has 2 N–H and O–H groups in total. The molecule has 2 unspecified atom stereocenters. The fourth-order valence-corrected chi connectivity index (χ4v) is 5.88. The van der Waals surface area contributed by atoms with E-state index in [0.29, 0.717) is 11.3 Å². The number of nitrogens with one attached hydrogen (secondary N) is 2. The van der Waals surface area contributed by atoms with Gasteiger partial charge in [0, 0.05) is 28.7 Å². The summed E-state index contributed by atoms with van der Waals surface area (Å²) in [5.74, 6) is -1.87. The van der Waals surface area contributed by atoms with Crippen molar-refractivity contribution in [2.24, 2.45) is 0 Å². The van der Waals surface area contributed by atoms with Gasteiger partial charge in [0.25, 0.3) is 11.8 Å². The van der Waals surface area contributed by atoms with Crippen LogP contribution >= 0.6 is 0 Å². The molecule has 4 amide bonds. The number of benzene rings is 4. The summed E-state index contributed by atoms with van der Waals surface area (Å²) in [4.78, 5) is 47.5. The first-order valence-corrected chi connectivity index (χ1v) is 13.1. The number of halogens is 2. The number of imide groups is 1. The summed E-state index contributed by atoms with van der Waals surface area (Å²) in [6, 6.07) is 23.2. The van der Waals surface area contributed by atoms with Crippen molar-refractivity contribution in [3.05, 3.63) is 131 Å². The third kappa shape index (κ3) is 3.97. The summed E-state index contributed by atoms with van der Waals surface area (Å²) in [5, 5.41) is 3.65. The maximum absolute atomic E-state index is 14.2. The summed E-state index contributed by atoms with van der Waals surface area (Å²) in [6.07, 6.45) is 0.280. The van der Waals surface area contributed by atoms with E-state index >= 15 is 0 Å². The smallest absolute Gasteiger partial charge is 0.332 e. The molecule has 1 aromatic heterocycles. The fraction of sp³-hybridized carbons (Fsp3) is 0.0938. The zero-order valence-electron chi connectivity index (χ0n) is 21.5. The number of aromatic amines is 1. The molecule has 7 rings (SSSR count). The normalized spacial score (nSPS) is 18.0. The Kier molecular flexibility index (Phi) is 5.67. The van der Waals surface area contributed by atoms with E-state index in [1.54, 1.807) is 30.3 Å². The quantitative estimate of drug-likeness (QED) is 0.263. The summed E-state index contributed by atoms with van der Waals surface area (Å²) in [7, 11) is 0. The van der Waals surface area contributed by atoms with E-state index in [0.717, 1.165) is 27.1 Å². The van der Waals surface area contributed by atoms with Crippen molar-refractivity contribution in [2.75, 3.05) is 10.2 Å². The minimum atomic E-state index is -0.836. The highest BCUT2D eigenvalue weighted by molar-refractivity contribution is 6.24. The zero-order valence-corrected chi connectivity index (χ0v) is 21.5. The number of anilines is 2. The standard InChI is InChI=1S/C32H22F2N4O3/c33-19-11-9-18(10-12-19)29-28-24(22-5-1-3-7-25(22)36-28)17-27-31(40)38(32(41)37(27)29)26-8-4-2-6-23(26)30(39)35-21-15-13-20(34)14-16-21/h1-16,27,29,36H,17H2,(H,35,39). The van der Waals surface area contributed by atoms with E-state index in [4.69, 9.17) is 0 Å². The van der Waals surface area contributed by atoms with Crippen LogP contribution < -0.4 is 10.2 Å². The predicted octanol–water partition coefficient (Wildman–Crippen LogP) is 6.18. The monoisotopic (exact) mass is 548 g/mol. The van der Waals surface area contributed by atoms with Gasteiger partial charge in [-0.1, -0.05) is 42.5 Å². The fourth-order valence-electron chi connectivity index (χ4n) is 5.88. The molecule has 1 saturated heterocycles. The number of hydrogen-bond donors (Lipinski definition) is 2. The van der Waals surface area contributed by atoms with E-state index in [-0.39, 0.29) is 17.7 Å². The van der Waals surface area contributed by atoms with Crippen LogP contribution in [0.25, 0.3) is 10.9 Å². The lowest BCUT2D eigenvalue weighted by Gasteiger charge is -2.36. The van der Waals surface area contributed by atoms with Crippen LogP contribution in [0.4, 0.5) is 25.0 Å². The van der Waals surface area contributed by atoms with Gasteiger partial charge in [-0.2, -0.15) is 0 Å². The molecular formula is C32H22F2N4O3. The highest BCUT2D eigenvalue weighted by atomic mass is 19.1. The van der Waals surface area contributed by atoms with Crippen LogP contribution in [0.15, 0.2) is 97.1 Å². The van der Waals surface area contributed by atoms with E-state index in [2.05, 4.69) is 10.3 Å². The average Bonchev–Trinajstić information content (AvgIpc) is 3.48. The Morgan fingerprint density at radius 3 is 2.24 bits per heavy atom. The van der Waals surface area contributed by atoms with Gasteiger partial charge in [-0.15, -0.1) is 0 Å². The largest absolute Gasteiger partial charge is 0.356 e. The second-order valence-corrected chi connectivity index (χ2v) is 10.1. The van der Waals surface area contributed by atoms with E-state index in [1.807, 2.05) is 24.3 Å². The molecule has 0 aliphatic carbocycles. The number of urea groups is 1. The predicted molar refractivity (Wildman–Crippen MR) is 150 cm³/mol. The first-order valence-electron chi connectivity index (χ1n) is 13.1. The van der Waals surface area contributed by atoms with Gasteiger partial charge >= 0.3 is 6.03 Å². The maximum atomic E-state index is 14.2. The maximum Gasteiger partial charge on any atom is 0.332 e. The van der Waals surface area contributed by atoms with Crippen LogP contribution in [-0.2, 0) is 11.2 Å². The van der Waals surface area contributed by atoms with Crippen molar-refractivity contribution in [1.82, 2.24) is 9.88 Å². The van der Waals surface area contributed by atoms with Crippen molar-refractivity contribution < 1.29 is 23.2 Å². The average molecular weight is 549 g/mol. The first-order chi connectivity index (χ1) is 19.9. The number of H-pyrrole nitrogens is 1. The second-order valence-electron chi connectivity index (χ2n) is 10.1. The van der Waals surface area contributed by atoms with Gasteiger partial charge in [0.05, 0.1) is 11.3 Å². The molecule has 0 radical (unpaired) electrons. The minimum Gasteiger partial charge on any atom is -0.356 e. The van der Waals surface area contributed by atoms with Gasteiger partial charge in [-0.25, -0.2) is 18.5 Å². The van der Waals surface area contributed by atoms with Crippen molar-refractivity contribution in [3.8, 4) is 0 Å². The molecule has 2 atom stereocenters. The molecule has 2 aliphatic heterocycles. The Hall–Kier alpha value is -5.31. The molecule has 0 saturated carbocycles. The molecule has 202 valence electrons. The lowest BCUT2D eigenvalue weighted by molar-refractivity contribution is -0.120. The van der Waals surface area contributed by atoms with Crippen LogP contribution in [0.5, 0.6) is 0 Å². The Morgan fingerprint density at radius 1 is 0.829 bits per heavy atom. The van der Waals surface area contributed by atoms with Gasteiger partial charge in [0.1, 0.15) is 23.7 Å². The van der Waals surface area contributed by atoms with Crippen LogP contribution in [0, 0.1) is 11.6 Å². The highest BCUT2D eigenvalue weighted by Gasteiger charge is 2.53. The molecule has 9 heteroatoms. The number of carbonyl (C=O) groups excluding carboxylic acids is 3. The summed E-state index contributed by atoms with van der Waals surface area (Å²) >= 11 is 0. The molecule has 5 aromatic rings. The minimum absolute atomic E-state index is 0.112. The number of amides is 4. The lowest BCUT2D eigenvalue weighted by atomic mass is 9.89. The number of nitrogens with zero attached hydrogens (tertiary/aromatic N) is 2. The number of hydrogen-bond acceptors (Lipinski definition) is 3.